The third-order valence-electron chi connectivity index (χ3n) is 1.80. The topological polar surface area (TPSA) is 0 Å². The zero-order valence-corrected chi connectivity index (χ0v) is 6.89. The molecule has 0 unspecified atom stereocenters. The third-order valence-corrected chi connectivity index (χ3v) is 1.80. The molecule has 0 bridgehead atoms. The summed E-state index contributed by atoms with van der Waals surface area (Å²) in [5.74, 6) is 0. The summed E-state index contributed by atoms with van der Waals surface area (Å²) in [6.45, 7) is 0. The summed E-state index contributed by atoms with van der Waals surface area (Å²) in [4.78, 5) is 0. The Morgan fingerprint density at radius 1 is 0.500 bits per heavy atom. The van der Waals surface area contributed by atoms with E-state index in [9.17, 15) is 0 Å². The lowest BCUT2D eigenvalue weighted by molar-refractivity contribution is -1.45. The standard InChI is InChI=1S/C6H18N2/c1-7(2,3)8(4,5)6/h1-6H3/q+2. The Bertz CT molecular complexity index is 61.5. The van der Waals surface area contributed by atoms with Crippen molar-refractivity contribution in [3.05, 3.63) is 0 Å². The minimum atomic E-state index is 0.958. The zero-order valence-electron chi connectivity index (χ0n) is 6.89. The summed E-state index contributed by atoms with van der Waals surface area (Å²) >= 11 is 0. The highest BCUT2D eigenvalue weighted by Crippen LogP contribution is 2.02. The smallest absolute Gasteiger partial charge is 0.112 e. The minimum absolute atomic E-state index is 0.958. The van der Waals surface area contributed by atoms with Crippen LogP contribution < -0.4 is 0 Å². The zero-order chi connectivity index (χ0) is 7.00. The molecule has 0 aliphatic carbocycles. The molecule has 2 nitrogen and oxygen atoms in total. The van der Waals surface area contributed by atoms with Gasteiger partial charge >= 0.3 is 0 Å². The molecular weight excluding hydrogens is 100 g/mol. The van der Waals surface area contributed by atoms with Crippen molar-refractivity contribution in [2.45, 2.75) is 0 Å². The van der Waals surface area contributed by atoms with E-state index < -0.39 is 0 Å². The lowest BCUT2D eigenvalue weighted by atomic mass is 10.7. The van der Waals surface area contributed by atoms with Gasteiger partial charge in [-0.15, -0.1) is 0 Å². The van der Waals surface area contributed by atoms with Crippen LogP contribution in [0.1, 0.15) is 0 Å². The van der Waals surface area contributed by atoms with Crippen LogP contribution in [-0.2, 0) is 0 Å². The van der Waals surface area contributed by atoms with Gasteiger partial charge in [-0.2, -0.15) is 9.18 Å². The van der Waals surface area contributed by atoms with Gasteiger partial charge in [0.15, 0.2) is 0 Å². The molecule has 0 N–H and O–H groups in total. The molecular formula is C6H18N2+2. The molecule has 0 saturated carbocycles. The Kier molecular flexibility index (Phi) is 1.69. The minimum Gasteiger partial charge on any atom is -0.178 e. The molecule has 0 aliphatic heterocycles. The molecule has 2 heteroatoms. The molecule has 0 spiro atoms. The van der Waals surface area contributed by atoms with E-state index >= 15 is 0 Å². The predicted octanol–water partition coefficient (Wildman–Crippen LogP) is 0.314. The molecule has 0 saturated heterocycles. The fraction of sp³-hybridized carbons (Fsp3) is 1.00. The Balaban J connectivity index is 4.02. The number of nitrogens with zero attached hydrogens (tertiary/aromatic N) is 2. The first kappa shape index (κ1) is 7.92. The van der Waals surface area contributed by atoms with Gasteiger partial charge in [-0.1, -0.05) is 0 Å². The van der Waals surface area contributed by atoms with E-state index in [1.807, 2.05) is 0 Å². The number of hydrogen-bond donors (Lipinski definition) is 0. The first-order valence-electron chi connectivity index (χ1n) is 2.88. The van der Waals surface area contributed by atoms with Gasteiger partial charge in [0.25, 0.3) is 0 Å². The van der Waals surface area contributed by atoms with Crippen molar-refractivity contribution >= 4 is 0 Å². The number of hydrogen-bond acceptors (Lipinski definition) is 0. The molecule has 0 heterocycles. The lowest BCUT2D eigenvalue weighted by Gasteiger charge is -2.38. The Morgan fingerprint density at radius 2 is 0.625 bits per heavy atom. The number of quaternary nitrogens is 2. The summed E-state index contributed by atoms with van der Waals surface area (Å²) < 4.78 is 1.92. The molecule has 0 radical (unpaired) electrons. The van der Waals surface area contributed by atoms with Gasteiger partial charge < -0.3 is 0 Å². The van der Waals surface area contributed by atoms with Crippen LogP contribution in [0.4, 0.5) is 0 Å². The van der Waals surface area contributed by atoms with Crippen molar-refractivity contribution in [1.82, 2.24) is 0 Å². The van der Waals surface area contributed by atoms with Gasteiger partial charge in [0.05, 0.1) is 0 Å². The first-order chi connectivity index (χ1) is 3.25. The van der Waals surface area contributed by atoms with E-state index in [-0.39, 0.29) is 0 Å². The van der Waals surface area contributed by atoms with Crippen LogP contribution in [0.15, 0.2) is 0 Å². The van der Waals surface area contributed by atoms with Crippen molar-refractivity contribution in [3.8, 4) is 0 Å². The van der Waals surface area contributed by atoms with E-state index in [1.54, 1.807) is 0 Å². The summed E-state index contributed by atoms with van der Waals surface area (Å²) in [6.07, 6.45) is 0. The fourth-order valence-corrected chi connectivity index (χ4v) is 0. The van der Waals surface area contributed by atoms with Crippen molar-refractivity contribution in [3.63, 3.8) is 0 Å². The van der Waals surface area contributed by atoms with Crippen LogP contribution in [0, 0.1) is 0 Å². The summed E-state index contributed by atoms with van der Waals surface area (Å²) in [7, 11) is 13.1. The molecule has 0 atom stereocenters. The molecule has 0 rings (SSSR count). The highest BCUT2D eigenvalue weighted by Gasteiger charge is 2.24. The summed E-state index contributed by atoms with van der Waals surface area (Å²) in [5.41, 5.74) is 0. The molecule has 0 amide bonds. The Labute approximate surface area is 52.5 Å². The van der Waals surface area contributed by atoms with E-state index in [4.69, 9.17) is 0 Å². The van der Waals surface area contributed by atoms with Crippen LogP contribution in [0.3, 0.4) is 0 Å². The molecule has 0 aromatic rings. The lowest BCUT2D eigenvalue weighted by Crippen LogP contribution is -2.59. The van der Waals surface area contributed by atoms with Crippen molar-refractivity contribution in [2.24, 2.45) is 0 Å². The molecule has 0 aliphatic rings. The van der Waals surface area contributed by atoms with Crippen molar-refractivity contribution in [1.29, 1.82) is 0 Å². The fourth-order valence-electron chi connectivity index (χ4n) is 0. The monoisotopic (exact) mass is 118 g/mol. The number of rotatable bonds is 1. The molecule has 50 valence electrons. The van der Waals surface area contributed by atoms with Gasteiger partial charge in [-0.3, -0.25) is 0 Å². The quantitative estimate of drug-likeness (QED) is 0.343. The van der Waals surface area contributed by atoms with Gasteiger partial charge in [0, 0.05) is 0 Å². The Morgan fingerprint density at radius 3 is 0.625 bits per heavy atom. The highest BCUT2D eigenvalue weighted by atomic mass is 15.8. The normalized spacial score (nSPS) is 14.2. The van der Waals surface area contributed by atoms with E-state index in [0.717, 1.165) is 9.18 Å². The second-order valence-electron chi connectivity index (χ2n) is 3.88. The maximum absolute atomic E-state index is 2.18. The van der Waals surface area contributed by atoms with Crippen LogP contribution in [-0.4, -0.2) is 51.5 Å². The molecule has 0 aromatic heterocycles. The van der Waals surface area contributed by atoms with Crippen molar-refractivity contribution < 1.29 is 9.18 Å². The second-order valence-corrected chi connectivity index (χ2v) is 3.88. The summed E-state index contributed by atoms with van der Waals surface area (Å²) in [5, 5.41) is 0. The van der Waals surface area contributed by atoms with E-state index in [1.165, 1.54) is 0 Å². The maximum Gasteiger partial charge on any atom is 0.112 e. The largest absolute Gasteiger partial charge is 0.178 e. The SMILES string of the molecule is C[N+](C)(C)[N+](C)(C)C. The first-order valence-corrected chi connectivity index (χ1v) is 2.88. The maximum atomic E-state index is 2.18. The Hall–Kier alpha value is -0.0800. The van der Waals surface area contributed by atoms with Crippen LogP contribution in [0.5, 0.6) is 0 Å². The second kappa shape index (κ2) is 1.71. The average molecular weight is 118 g/mol. The van der Waals surface area contributed by atoms with Crippen LogP contribution in [0.25, 0.3) is 0 Å². The molecule has 0 aromatic carbocycles. The van der Waals surface area contributed by atoms with Gasteiger partial charge in [0.1, 0.15) is 42.3 Å². The van der Waals surface area contributed by atoms with Crippen molar-refractivity contribution in [2.75, 3.05) is 42.3 Å². The summed E-state index contributed by atoms with van der Waals surface area (Å²) in [6, 6.07) is 0. The molecule has 0 fully saturated rings. The molecule has 8 heavy (non-hydrogen) atoms. The van der Waals surface area contributed by atoms with Crippen LogP contribution >= 0.6 is 0 Å². The van der Waals surface area contributed by atoms with Gasteiger partial charge in [-0.05, 0) is 0 Å². The van der Waals surface area contributed by atoms with E-state index in [2.05, 4.69) is 42.3 Å². The van der Waals surface area contributed by atoms with Gasteiger partial charge in [-0.25, -0.2) is 0 Å². The highest BCUT2D eigenvalue weighted by molar-refractivity contribution is 3.90. The average Bonchev–Trinajstić information content (AvgIpc) is 1.25. The van der Waals surface area contributed by atoms with E-state index in [0.29, 0.717) is 0 Å². The predicted molar refractivity (Wildman–Crippen MR) is 36.1 cm³/mol. The van der Waals surface area contributed by atoms with Gasteiger partial charge in [0.2, 0.25) is 0 Å². The third kappa shape index (κ3) is 1.80. The van der Waals surface area contributed by atoms with Crippen LogP contribution in [0.2, 0.25) is 0 Å².